The molecule has 0 saturated heterocycles. The van der Waals surface area contributed by atoms with Crippen molar-refractivity contribution in [1.29, 1.82) is 5.26 Å². The second-order valence-corrected chi connectivity index (χ2v) is 5.79. The molecule has 0 fully saturated rings. The SMILES string of the molecule is N#C/C(=C\c1cccn1-c1cccc(C(=O)O)c1)C(=O)Nc1ccc(F)cc1. The molecule has 0 atom stereocenters. The average molecular weight is 375 g/mol. The molecule has 2 N–H and O–H groups in total. The molecule has 28 heavy (non-hydrogen) atoms. The summed E-state index contributed by atoms with van der Waals surface area (Å²) in [4.78, 5) is 23.5. The Labute approximate surface area is 159 Å². The zero-order valence-electron chi connectivity index (χ0n) is 14.5. The summed E-state index contributed by atoms with van der Waals surface area (Å²) in [5, 5.41) is 21.1. The first-order valence-electron chi connectivity index (χ1n) is 8.18. The van der Waals surface area contributed by atoms with E-state index in [1.807, 2.05) is 6.07 Å². The lowest BCUT2D eigenvalue weighted by molar-refractivity contribution is -0.112. The number of nitrogens with one attached hydrogen (secondary N) is 1. The number of carboxylic acid groups (broad SMARTS) is 1. The maximum atomic E-state index is 13.0. The Morgan fingerprint density at radius 3 is 2.54 bits per heavy atom. The number of carboxylic acids is 1. The van der Waals surface area contributed by atoms with Gasteiger partial charge in [0.1, 0.15) is 17.5 Å². The van der Waals surface area contributed by atoms with Crippen LogP contribution in [0.5, 0.6) is 0 Å². The van der Waals surface area contributed by atoms with Crippen molar-refractivity contribution < 1.29 is 19.1 Å². The third-order valence-corrected chi connectivity index (χ3v) is 3.91. The van der Waals surface area contributed by atoms with Gasteiger partial charge in [-0.3, -0.25) is 4.79 Å². The van der Waals surface area contributed by atoms with Gasteiger partial charge in [-0.05, 0) is 60.7 Å². The van der Waals surface area contributed by atoms with Gasteiger partial charge in [0, 0.05) is 23.3 Å². The van der Waals surface area contributed by atoms with Crippen molar-refractivity contribution in [2.45, 2.75) is 0 Å². The molecule has 7 heteroatoms. The van der Waals surface area contributed by atoms with Crippen LogP contribution in [-0.4, -0.2) is 21.6 Å². The molecule has 3 aromatic rings. The number of aromatic carboxylic acids is 1. The van der Waals surface area contributed by atoms with Crippen LogP contribution < -0.4 is 5.32 Å². The summed E-state index contributed by atoms with van der Waals surface area (Å²) in [6, 6.07) is 16.7. The molecule has 0 radical (unpaired) electrons. The number of carbonyl (C=O) groups excluding carboxylic acids is 1. The Hall–Kier alpha value is -4.18. The van der Waals surface area contributed by atoms with Crippen LogP contribution >= 0.6 is 0 Å². The molecule has 0 bridgehead atoms. The minimum Gasteiger partial charge on any atom is -0.478 e. The Balaban J connectivity index is 1.90. The number of amides is 1. The standard InChI is InChI=1S/C21H14FN3O3/c22-16-6-8-17(9-7-16)24-20(26)15(13-23)12-19-5-2-10-25(19)18-4-1-3-14(11-18)21(27)28/h1-12H,(H,24,26)(H,27,28)/b15-12+. The van der Waals surface area contributed by atoms with Crippen LogP contribution in [0.3, 0.4) is 0 Å². The molecule has 0 aliphatic carbocycles. The lowest BCUT2D eigenvalue weighted by atomic mass is 10.2. The van der Waals surface area contributed by atoms with Gasteiger partial charge in [0.25, 0.3) is 5.91 Å². The zero-order valence-corrected chi connectivity index (χ0v) is 14.5. The number of benzene rings is 2. The average Bonchev–Trinajstić information content (AvgIpc) is 3.16. The van der Waals surface area contributed by atoms with Gasteiger partial charge in [-0.1, -0.05) is 6.07 Å². The summed E-state index contributed by atoms with van der Waals surface area (Å²) in [6.07, 6.45) is 3.09. The molecular weight excluding hydrogens is 361 g/mol. The molecule has 1 amide bonds. The number of carbonyl (C=O) groups is 2. The van der Waals surface area contributed by atoms with E-state index in [4.69, 9.17) is 5.11 Å². The van der Waals surface area contributed by atoms with Crippen LogP contribution in [0.15, 0.2) is 72.4 Å². The number of nitrogens with zero attached hydrogens (tertiary/aromatic N) is 2. The fraction of sp³-hybridized carbons (Fsp3) is 0. The van der Waals surface area contributed by atoms with Crippen molar-refractivity contribution in [2.24, 2.45) is 0 Å². The van der Waals surface area contributed by atoms with E-state index in [0.717, 1.165) is 0 Å². The highest BCUT2D eigenvalue weighted by molar-refractivity contribution is 6.09. The number of hydrogen-bond acceptors (Lipinski definition) is 3. The summed E-state index contributed by atoms with van der Waals surface area (Å²) in [7, 11) is 0. The van der Waals surface area contributed by atoms with E-state index in [1.165, 1.54) is 42.5 Å². The Morgan fingerprint density at radius 1 is 1.11 bits per heavy atom. The van der Waals surface area contributed by atoms with Gasteiger partial charge < -0.3 is 15.0 Å². The van der Waals surface area contributed by atoms with Gasteiger partial charge in [0.2, 0.25) is 0 Å². The van der Waals surface area contributed by atoms with E-state index in [0.29, 0.717) is 17.1 Å². The van der Waals surface area contributed by atoms with Crippen LogP contribution in [0, 0.1) is 17.1 Å². The molecular formula is C21H14FN3O3. The van der Waals surface area contributed by atoms with Gasteiger partial charge in [-0.25, -0.2) is 9.18 Å². The monoisotopic (exact) mass is 375 g/mol. The van der Waals surface area contributed by atoms with Gasteiger partial charge in [-0.15, -0.1) is 0 Å². The number of nitriles is 1. The number of hydrogen-bond donors (Lipinski definition) is 2. The Morgan fingerprint density at radius 2 is 1.86 bits per heavy atom. The predicted molar refractivity (Wildman–Crippen MR) is 101 cm³/mol. The largest absolute Gasteiger partial charge is 0.478 e. The van der Waals surface area contributed by atoms with Crippen LogP contribution in [0.2, 0.25) is 0 Å². The summed E-state index contributed by atoms with van der Waals surface area (Å²) in [6.45, 7) is 0. The van der Waals surface area contributed by atoms with Crippen LogP contribution in [0.25, 0.3) is 11.8 Å². The second-order valence-electron chi connectivity index (χ2n) is 5.79. The summed E-state index contributed by atoms with van der Waals surface area (Å²) >= 11 is 0. The molecule has 2 aromatic carbocycles. The van der Waals surface area contributed by atoms with Crippen molar-refractivity contribution in [3.8, 4) is 11.8 Å². The number of aromatic nitrogens is 1. The minimum atomic E-state index is -1.05. The quantitative estimate of drug-likeness (QED) is 0.523. The van der Waals surface area contributed by atoms with E-state index in [2.05, 4.69) is 5.32 Å². The third-order valence-electron chi connectivity index (χ3n) is 3.91. The topological polar surface area (TPSA) is 95.1 Å². The fourth-order valence-electron chi connectivity index (χ4n) is 2.56. The number of anilines is 1. The highest BCUT2D eigenvalue weighted by Crippen LogP contribution is 2.18. The second kappa shape index (κ2) is 8.01. The molecule has 138 valence electrons. The molecule has 1 aromatic heterocycles. The predicted octanol–water partition coefficient (Wildman–Crippen LogP) is 3.86. The first-order chi connectivity index (χ1) is 13.5. The van der Waals surface area contributed by atoms with Gasteiger partial charge in [0.15, 0.2) is 0 Å². The molecule has 0 spiro atoms. The highest BCUT2D eigenvalue weighted by Gasteiger charge is 2.12. The van der Waals surface area contributed by atoms with E-state index in [9.17, 15) is 19.2 Å². The van der Waals surface area contributed by atoms with Crippen LogP contribution in [0.1, 0.15) is 16.1 Å². The summed E-state index contributed by atoms with van der Waals surface area (Å²) in [5.74, 6) is -2.13. The molecule has 0 aliphatic heterocycles. The summed E-state index contributed by atoms with van der Waals surface area (Å²) < 4.78 is 14.6. The molecule has 0 aliphatic rings. The van der Waals surface area contributed by atoms with E-state index < -0.39 is 17.7 Å². The maximum Gasteiger partial charge on any atom is 0.335 e. The van der Waals surface area contributed by atoms with Crippen LogP contribution in [-0.2, 0) is 4.79 Å². The molecule has 1 heterocycles. The van der Waals surface area contributed by atoms with E-state index in [1.54, 1.807) is 35.0 Å². The summed E-state index contributed by atoms with van der Waals surface area (Å²) in [5.41, 5.74) is 1.42. The van der Waals surface area contributed by atoms with Crippen LogP contribution in [0.4, 0.5) is 10.1 Å². The van der Waals surface area contributed by atoms with E-state index in [-0.39, 0.29) is 11.1 Å². The molecule has 0 saturated carbocycles. The Bertz CT molecular complexity index is 1110. The van der Waals surface area contributed by atoms with Crippen molar-refractivity contribution >= 4 is 23.6 Å². The van der Waals surface area contributed by atoms with Gasteiger partial charge in [0.05, 0.1) is 5.56 Å². The van der Waals surface area contributed by atoms with Gasteiger partial charge in [-0.2, -0.15) is 5.26 Å². The molecule has 3 rings (SSSR count). The lowest BCUT2D eigenvalue weighted by Gasteiger charge is -2.08. The first-order valence-corrected chi connectivity index (χ1v) is 8.18. The van der Waals surface area contributed by atoms with Crippen molar-refractivity contribution in [2.75, 3.05) is 5.32 Å². The fourth-order valence-corrected chi connectivity index (χ4v) is 2.56. The van der Waals surface area contributed by atoms with E-state index >= 15 is 0 Å². The molecule has 6 nitrogen and oxygen atoms in total. The highest BCUT2D eigenvalue weighted by atomic mass is 19.1. The first kappa shape index (κ1) is 18.6. The van der Waals surface area contributed by atoms with Gasteiger partial charge >= 0.3 is 5.97 Å². The van der Waals surface area contributed by atoms with Crippen molar-refractivity contribution in [3.63, 3.8) is 0 Å². The normalized spacial score (nSPS) is 10.9. The minimum absolute atomic E-state index is 0.121. The van der Waals surface area contributed by atoms with Crippen molar-refractivity contribution in [1.82, 2.24) is 4.57 Å². The lowest BCUT2D eigenvalue weighted by Crippen LogP contribution is -2.13. The smallest absolute Gasteiger partial charge is 0.335 e. The van der Waals surface area contributed by atoms with Crippen molar-refractivity contribution in [3.05, 3.63) is 89.5 Å². The Kier molecular flexibility index (Phi) is 5.33. The molecule has 0 unspecified atom stereocenters. The number of rotatable bonds is 5. The third kappa shape index (κ3) is 4.14. The maximum absolute atomic E-state index is 13.0. The number of halogens is 1. The zero-order chi connectivity index (χ0) is 20.1.